The van der Waals surface area contributed by atoms with Crippen LogP contribution in [0.25, 0.3) is 0 Å². The van der Waals surface area contributed by atoms with Crippen molar-refractivity contribution in [2.45, 2.75) is 17.9 Å². The van der Waals surface area contributed by atoms with Crippen LogP contribution in [0.5, 0.6) is 0 Å². The highest BCUT2D eigenvalue weighted by molar-refractivity contribution is 7.89. The number of carbonyl (C=O) groups excluding carboxylic acids is 2. The molecule has 24 heavy (non-hydrogen) atoms. The van der Waals surface area contributed by atoms with Crippen molar-refractivity contribution in [3.05, 3.63) is 60.2 Å². The Bertz CT molecular complexity index is 833. The molecule has 0 saturated carbocycles. The van der Waals surface area contributed by atoms with E-state index in [9.17, 15) is 18.0 Å². The van der Waals surface area contributed by atoms with E-state index in [-0.39, 0.29) is 10.8 Å². The highest BCUT2D eigenvalue weighted by Gasteiger charge is 2.25. The Morgan fingerprint density at radius 1 is 1.00 bits per heavy atom. The quantitative estimate of drug-likeness (QED) is 0.726. The topological polar surface area (TPSA) is 118 Å². The number of anilines is 1. The maximum Gasteiger partial charge on any atom is 0.241 e. The third-order valence-corrected chi connectivity index (χ3v) is 4.61. The Kier molecular flexibility index (Phi) is 5.32. The van der Waals surface area contributed by atoms with Crippen LogP contribution in [0.3, 0.4) is 0 Å². The number of amides is 2. The molecule has 1 atom stereocenters. The molecule has 0 fully saturated rings. The molecule has 0 aromatic heterocycles. The molecule has 0 aliphatic heterocycles. The molecule has 7 nitrogen and oxygen atoms in total. The van der Waals surface area contributed by atoms with Gasteiger partial charge in [0.1, 0.15) is 6.04 Å². The van der Waals surface area contributed by atoms with E-state index in [1.54, 1.807) is 30.3 Å². The van der Waals surface area contributed by atoms with E-state index >= 15 is 0 Å². The summed E-state index contributed by atoms with van der Waals surface area (Å²) in [4.78, 5) is 22.6. The molecule has 0 spiro atoms. The van der Waals surface area contributed by atoms with Crippen molar-refractivity contribution < 1.29 is 18.0 Å². The zero-order valence-electron chi connectivity index (χ0n) is 12.9. The molecular weight excluding hydrogens is 330 g/mol. The van der Waals surface area contributed by atoms with Crippen molar-refractivity contribution in [1.82, 2.24) is 4.72 Å². The van der Waals surface area contributed by atoms with E-state index in [1.165, 1.54) is 31.2 Å². The SMILES string of the molecule is CC(=O)Nc1ccc(S(=O)(=O)NC(C(N)=O)c2ccccc2)cc1. The van der Waals surface area contributed by atoms with Gasteiger partial charge in [0.25, 0.3) is 0 Å². The van der Waals surface area contributed by atoms with Crippen LogP contribution in [0.4, 0.5) is 5.69 Å². The molecule has 0 aliphatic rings. The molecule has 126 valence electrons. The monoisotopic (exact) mass is 347 g/mol. The minimum Gasteiger partial charge on any atom is -0.368 e. The van der Waals surface area contributed by atoms with Crippen LogP contribution in [0.1, 0.15) is 18.5 Å². The molecule has 8 heteroatoms. The molecule has 0 bridgehead atoms. The Hall–Kier alpha value is -2.71. The van der Waals surface area contributed by atoms with E-state index in [4.69, 9.17) is 5.73 Å². The lowest BCUT2D eigenvalue weighted by Gasteiger charge is -2.16. The van der Waals surface area contributed by atoms with Gasteiger partial charge in [0.2, 0.25) is 21.8 Å². The summed E-state index contributed by atoms with van der Waals surface area (Å²) in [6.45, 7) is 1.35. The smallest absolute Gasteiger partial charge is 0.241 e. The van der Waals surface area contributed by atoms with Crippen molar-refractivity contribution in [2.24, 2.45) is 5.73 Å². The number of rotatable bonds is 6. The largest absolute Gasteiger partial charge is 0.368 e. The van der Waals surface area contributed by atoms with Gasteiger partial charge in [0.15, 0.2) is 0 Å². The van der Waals surface area contributed by atoms with Gasteiger partial charge in [-0.05, 0) is 29.8 Å². The van der Waals surface area contributed by atoms with Crippen molar-refractivity contribution in [3.63, 3.8) is 0 Å². The zero-order chi connectivity index (χ0) is 17.7. The first kappa shape index (κ1) is 17.6. The number of sulfonamides is 1. The molecule has 1 unspecified atom stereocenters. The lowest BCUT2D eigenvalue weighted by atomic mass is 10.1. The average Bonchev–Trinajstić information content (AvgIpc) is 2.53. The lowest BCUT2D eigenvalue weighted by Crippen LogP contribution is -2.37. The molecule has 2 amide bonds. The fraction of sp³-hybridized carbons (Fsp3) is 0.125. The van der Waals surface area contributed by atoms with Crippen LogP contribution in [0.2, 0.25) is 0 Å². The number of hydrogen-bond acceptors (Lipinski definition) is 4. The Morgan fingerprint density at radius 2 is 1.58 bits per heavy atom. The number of primary amides is 1. The summed E-state index contributed by atoms with van der Waals surface area (Å²) < 4.78 is 27.2. The number of nitrogens with one attached hydrogen (secondary N) is 2. The second-order valence-corrected chi connectivity index (χ2v) is 6.79. The van der Waals surface area contributed by atoms with Crippen LogP contribution in [0.15, 0.2) is 59.5 Å². The van der Waals surface area contributed by atoms with Gasteiger partial charge in [-0.25, -0.2) is 8.42 Å². The normalized spacial score (nSPS) is 12.4. The van der Waals surface area contributed by atoms with Gasteiger partial charge < -0.3 is 11.1 Å². The van der Waals surface area contributed by atoms with Crippen molar-refractivity contribution in [1.29, 1.82) is 0 Å². The second-order valence-electron chi connectivity index (χ2n) is 5.07. The fourth-order valence-electron chi connectivity index (χ4n) is 2.08. The first-order valence-electron chi connectivity index (χ1n) is 7.04. The first-order valence-corrected chi connectivity index (χ1v) is 8.52. The van der Waals surface area contributed by atoms with Crippen molar-refractivity contribution >= 4 is 27.5 Å². The highest BCUT2D eigenvalue weighted by atomic mass is 32.2. The summed E-state index contributed by atoms with van der Waals surface area (Å²) in [5.41, 5.74) is 6.24. The average molecular weight is 347 g/mol. The molecule has 0 heterocycles. The van der Waals surface area contributed by atoms with E-state index in [0.29, 0.717) is 11.3 Å². The van der Waals surface area contributed by atoms with Crippen LogP contribution in [0, 0.1) is 0 Å². The summed E-state index contributed by atoms with van der Waals surface area (Å²) in [6, 6.07) is 12.7. The third kappa shape index (κ3) is 4.40. The fourth-order valence-corrected chi connectivity index (χ4v) is 3.27. The van der Waals surface area contributed by atoms with Gasteiger partial charge in [-0.3, -0.25) is 9.59 Å². The molecule has 4 N–H and O–H groups in total. The maximum atomic E-state index is 12.4. The molecule has 2 aromatic carbocycles. The van der Waals surface area contributed by atoms with E-state index < -0.39 is 22.0 Å². The summed E-state index contributed by atoms with van der Waals surface area (Å²) in [5, 5.41) is 2.54. The highest BCUT2D eigenvalue weighted by Crippen LogP contribution is 2.18. The minimum atomic E-state index is -3.96. The molecule has 0 radical (unpaired) electrons. The Balaban J connectivity index is 2.26. The Labute approximate surface area is 139 Å². The lowest BCUT2D eigenvalue weighted by molar-refractivity contribution is -0.119. The number of benzene rings is 2. The van der Waals surface area contributed by atoms with Crippen LogP contribution in [-0.2, 0) is 19.6 Å². The van der Waals surface area contributed by atoms with Crippen molar-refractivity contribution in [2.75, 3.05) is 5.32 Å². The second kappa shape index (κ2) is 7.24. The molecule has 0 saturated heterocycles. The van der Waals surface area contributed by atoms with Gasteiger partial charge >= 0.3 is 0 Å². The van der Waals surface area contributed by atoms with E-state index in [1.807, 2.05) is 0 Å². The van der Waals surface area contributed by atoms with Gasteiger partial charge in [0, 0.05) is 12.6 Å². The summed E-state index contributed by atoms with van der Waals surface area (Å²) in [7, 11) is -3.96. The summed E-state index contributed by atoms with van der Waals surface area (Å²) >= 11 is 0. The van der Waals surface area contributed by atoms with Crippen LogP contribution < -0.4 is 15.8 Å². The van der Waals surface area contributed by atoms with E-state index in [2.05, 4.69) is 10.0 Å². The van der Waals surface area contributed by atoms with Gasteiger partial charge in [-0.15, -0.1) is 0 Å². The summed E-state index contributed by atoms with van der Waals surface area (Å²) in [5.74, 6) is -1.07. The van der Waals surface area contributed by atoms with Gasteiger partial charge in [-0.2, -0.15) is 4.72 Å². The molecule has 2 rings (SSSR count). The number of hydrogen-bond donors (Lipinski definition) is 3. The standard InChI is InChI=1S/C16H17N3O4S/c1-11(20)18-13-7-9-14(10-8-13)24(22,23)19-15(16(17)21)12-5-3-2-4-6-12/h2-10,15,19H,1H3,(H2,17,21)(H,18,20). The van der Waals surface area contributed by atoms with Gasteiger partial charge in [-0.1, -0.05) is 30.3 Å². The van der Waals surface area contributed by atoms with E-state index in [0.717, 1.165) is 0 Å². The predicted molar refractivity (Wildman–Crippen MR) is 89.4 cm³/mol. The van der Waals surface area contributed by atoms with Crippen LogP contribution >= 0.6 is 0 Å². The van der Waals surface area contributed by atoms with Crippen molar-refractivity contribution in [3.8, 4) is 0 Å². The number of nitrogens with two attached hydrogens (primary N) is 1. The minimum absolute atomic E-state index is 0.0428. The van der Waals surface area contributed by atoms with Crippen LogP contribution in [-0.4, -0.2) is 20.2 Å². The molecule has 0 aliphatic carbocycles. The van der Waals surface area contributed by atoms with Gasteiger partial charge in [0.05, 0.1) is 4.90 Å². The first-order chi connectivity index (χ1) is 11.3. The molecule has 2 aromatic rings. The maximum absolute atomic E-state index is 12.4. The zero-order valence-corrected chi connectivity index (χ0v) is 13.7. The Morgan fingerprint density at radius 3 is 2.08 bits per heavy atom. The third-order valence-electron chi connectivity index (χ3n) is 3.18. The molecular formula is C16H17N3O4S. The predicted octanol–water partition coefficient (Wildman–Crippen LogP) is 1.15. The number of carbonyl (C=O) groups is 2. The summed E-state index contributed by atoms with van der Waals surface area (Å²) in [6.07, 6.45) is 0.